The summed E-state index contributed by atoms with van der Waals surface area (Å²) in [5.74, 6) is 1.42. The van der Waals surface area contributed by atoms with Crippen molar-refractivity contribution in [3.63, 3.8) is 0 Å². The molecule has 1 aliphatic heterocycles. The van der Waals surface area contributed by atoms with Crippen molar-refractivity contribution in [3.8, 4) is 0 Å². The van der Waals surface area contributed by atoms with E-state index in [0.29, 0.717) is 12.0 Å². The molecule has 3 rings (SSSR count). The van der Waals surface area contributed by atoms with E-state index in [0.717, 1.165) is 12.5 Å². The lowest BCUT2D eigenvalue weighted by Gasteiger charge is -2.37. The molecule has 2 aliphatic rings. The molecule has 116 valence electrons. The van der Waals surface area contributed by atoms with Crippen LogP contribution in [0, 0.1) is 11.7 Å². The zero-order valence-corrected chi connectivity index (χ0v) is 13.0. The SMILES string of the molecule is CN1CCC(CCNC2CC(c3ccc(F)cc3)C2)CC1. The van der Waals surface area contributed by atoms with E-state index >= 15 is 0 Å². The molecule has 0 bridgehead atoms. The second-order valence-electron chi connectivity index (χ2n) is 6.91. The van der Waals surface area contributed by atoms with Crippen molar-refractivity contribution >= 4 is 0 Å². The third kappa shape index (κ3) is 4.04. The summed E-state index contributed by atoms with van der Waals surface area (Å²) in [6, 6.07) is 7.71. The molecule has 3 heteroatoms. The molecule has 0 atom stereocenters. The van der Waals surface area contributed by atoms with E-state index in [1.54, 1.807) is 12.1 Å². The van der Waals surface area contributed by atoms with Gasteiger partial charge in [-0.05, 0) is 88.3 Å². The van der Waals surface area contributed by atoms with Gasteiger partial charge in [0, 0.05) is 6.04 Å². The molecule has 1 aromatic carbocycles. The summed E-state index contributed by atoms with van der Waals surface area (Å²) in [6.07, 6.45) is 6.46. The first kappa shape index (κ1) is 15.0. The Morgan fingerprint density at radius 3 is 2.48 bits per heavy atom. The Hall–Kier alpha value is -0.930. The lowest BCUT2D eigenvalue weighted by atomic mass is 9.76. The number of hydrogen-bond donors (Lipinski definition) is 1. The quantitative estimate of drug-likeness (QED) is 0.894. The van der Waals surface area contributed by atoms with Crippen molar-refractivity contribution < 1.29 is 4.39 Å². The zero-order valence-electron chi connectivity index (χ0n) is 13.0. The Balaban J connectivity index is 1.31. The first-order valence-corrected chi connectivity index (χ1v) is 8.38. The summed E-state index contributed by atoms with van der Waals surface area (Å²) < 4.78 is 12.9. The topological polar surface area (TPSA) is 15.3 Å². The smallest absolute Gasteiger partial charge is 0.123 e. The van der Waals surface area contributed by atoms with Crippen LogP contribution in [0.25, 0.3) is 0 Å². The molecular weight excluding hydrogens is 263 g/mol. The van der Waals surface area contributed by atoms with Crippen LogP contribution in [-0.2, 0) is 0 Å². The van der Waals surface area contributed by atoms with Gasteiger partial charge in [0.05, 0.1) is 0 Å². The van der Waals surface area contributed by atoms with Gasteiger partial charge in [-0.2, -0.15) is 0 Å². The molecule has 2 nitrogen and oxygen atoms in total. The van der Waals surface area contributed by atoms with Crippen LogP contribution in [0.5, 0.6) is 0 Å². The van der Waals surface area contributed by atoms with Crippen molar-refractivity contribution in [2.75, 3.05) is 26.7 Å². The standard InChI is InChI=1S/C18H27FN2/c1-21-10-7-14(8-11-21)6-9-20-18-12-16(13-18)15-2-4-17(19)5-3-15/h2-5,14,16,18,20H,6-13H2,1H3. The number of rotatable bonds is 5. The third-order valence-corrected chi connectivity index (χ3v) is 5.30. The van der Waals surface area contributed by atoms with E-state index in [-0.39, 0.29) is 5.82 Å². The van der Waals surface area contributed by atoms with Crippen LogP contribution in [0.1, 0.15) is 43.6 Å². The average Bonchev–Trinajstić information content (AvgIpc) is 2.45. The fraction of sp³-hybridized carbons (Fsp3) is 0.667. The van der Waals surface area contributed by atoms with Crippen LogP contribution in [-0.4, -0.2) is 37.6 Å². The minimum absolute atomic E-state index is 0.133. The highest BCUT2D eigenvalue weighted by molar-refractivity contribution is 5.23. The summed E-state index contributed by atoms with van der Waals surface area (Å²) in [6.45, 7) is 3.69. The van der Waals surface area contributed by atoms with Gasteiger partial charge in [0.25, 0.3) is 0 Å². The fourth-order valence-corrected chi connectivity index (χ4v) is 3.63. The Kier molecular flexibility index (Phi) is 4.91. The monoisotopic (exact) mass is 290 g/mol. The van der Waals surface area contributed by atoms with Crippen molar-refractivity contribution in [2.24, 2.45) is 5.92 Å². The second kappa shape index (κ2) is 6.89. The van der Waals surface area contributed by atoms with Crippen LogP contribution in [0.3, 0.4) is 0 Å². The van der Waals surface area contributed by atoms with Crippen LogP contribution >= 0.6 is 0 Å². The number of nitrogens with one attached hydrogen (secondary N) is 1. The fourth-order valence-electron chi connectivity index (χ4n) is 3.63. The summed E-state index contributed by atoms with van der Waals surface area (Å²) in [7, 11) is 2.22. The number of nitrogens with zero attached hydrogens (tertiary/aromatic N) is 1. The van der Waals surface area contributed by atoms with E-state index in [9.17, 15) is 4.39 Å². The summed E-state index contributed by atoms with van der Waals surface area (Å²) in [5.41, 5.74) is 1.30. The van der Waals surface area contributed by atoms with Gasteiger partial charge < -0.3 is 10.2 Å². The highest BCUT2D eigenvalue weighted by atomic mass is 19.1. The molecule has 21 heavy (non-hydrogen) atoms. The van der Waals surface area contributed by atoms with Gasteiger partial charge in [-0.1, -0.05) is 12.1 Å². The minimum atomic E-state index is -0.133. The summed E-state index contributed by atoms with van der Waals surface area (Å²) >= 11 is 0. The molecular formula is C18H27FN2. The Morgan fingerprint density at radius 2 is 1.81 bits per heavy atom. The van der Waals surface area contributed by atoms with E-state index < -0.39 is 0 Å². The van der Waals surface area contributed by atoms with Crippen molar-refractivity contribution in [1.82, 2.24) is 10.2 Å². The van der Waals surface area contributed by atoms with Crippen LogP contribution in [0.4, 0.5) is 4.39 Å². The predicted octanol–water partition coefficient (Wildman–Crippen LogP) is 3.39. The molecule has 1 aliphatic carbocycles. The van der Waals surface area contributed by atoms with Crippen LogP contribution in [0.15, 0.2) is 24.3 Å². The van der Waals surface area contributed by atoms with E-state index in [1.807, 2.05) is 12.1 Å². The molecule has 1 saturated carbocycles. The first-order valence-electron chi connectivity index (χ1n) is 8.38. The van der Waals surface area contributed by atoms with Crippen LogP contribution < -0.4 is 5.32 Å². The Labute approximate surface area is 127 Å². The lowest BCUT2D eigenvalue weighted by Crippen LogP contribution is -2.41. The summed E-state index contributed by atoms with van der Waals surface area (Å²) in [4.78, 5) is 2.43. The maximum Gasteiger partial charge on any atom is 0.123 e. The van der Waals surface area contributed by atoms with Crippen molar-refractivity contribution in [3.05, 3.63) is 35.6 Å². The van der Waals surface area contributed by atoms with Crippen molar-refractivity contribution in [1.29, 1.82) is 0 Å². The Bertz CT molecular complexity index is 431. The molecule has 1 aromatic rings. The van der Waals surface area contributed by atoms with Gasteiger partial charge in [-0.25, -0.2) is 4.39 Å². The summed E-state index contributed by atoms with van der Waals surface area (Å²) in [5, 5.41) is 3.70. The van der Waals surface area contributed by atoms with E-state index in [2.05, 4.69) is 17.3 Å². The normalized spacial score (nSPS) is 27.5. The largest absolute Gasteiger partial charge is 0.314 e. The highest BCUT2D eigenvalue weighted by Gasteiger charge is 2.29. The average molecular weight is 290 g/mol. The highest BCUT2D eigenvalue weighted by Crippen LogP contribution is 2.36. The molecule has 0 unspecified atom stereocenters. The third-order valence-electron chi connectivity index (χ3n) is 5.30. The molecule has 0 aromatic heterocycles. The Morgan fingerprint density at radius 1 is 1.14 bits per heavy atom. The molecule has 1 N–H and O–H groups in total. The van der Waals surface area contributed by atoms with Gasteiger partial charge in [0.1, 0.15) is 5.82 Å². The minimum Gasteiger partial charge on any atom is -0.314 e. The van der Waals surface area contributed by atoms with Gasteiger partial charge in [0.15, 0.2) is 0 Å². The molecule has 2 fully saturated rings. The number of hydrogen-bond acceptors (Lipinski definition) is 2. The molecule has 0 amide bonds. The van der Waals surface area contributed by atoms with Gasteiger partial charge in [0.2, 0.25) is 0 Å². The number of benzene rings is 1. The van der Waals surface area contributed by atoms with E-state index in [1.165, 1.54) is 50.8 Å². The van der Waals surface area contributed by atoms with Crippen LogP contribution in [0.2, 0.25) is 0 Å². The maximum atomic E-state index is 12.9. The van der Waals surface area contributed by atoms with Crippen molar-refractivity contribution in [2.45, 2.75) is 44.1 Å². The maximum absolute atomic E-state index is 12.9. The van der Waals surface area contributed by atoms with Gasteiger partial charge >= 0.3 is 0 Å². The predicted molar refractivity (Wildman–Crippen MR) is 85.0 cm³/mol. The number of likely N-dealkylation sites (tertiary alicyclic amines) is 1. The molecule has 0 spiro atoms. The van der Waals surface area contributed by atoms with Gasteiger partial charge in [-0.3, -0.25) is 0 Å². The first-order chi connectivity index (χ1) is 10.2. The van der Waals surface area contributed by atoms with Gasteiger partial charge in [-0.15, -0.1) is 0 Å². The lowest BCUT2D eigenvalue weighted by molar-refractivity contribution is 0.205. The molecule has 1 saturated heterocycles. The van der Waals surface area contributed by atoms with E-state index in [4.69, 9.17) is 0 Å². The number of halogens is 1. The molecule has 0 radical (unpaired) electrons. The second-order valence-corrected chi connectivity index (χ2v) is 6.91. The zero-order chi connectivity index (χ0) is 14.7. The molecule has 1 heterocycles. The number of piperidine rings is 1.